The van der Waals surface area contributed by atoms with Gasteiger partial charge in [-0.25, -0.2) is 0 Å². The molecule has 0 saturated heterocycles. The molecule has 0 fully saturated rings. The van der Waals surface area contributed by atoms with Crippen molar-refractivity contribution in [1.82, 2.24) is 0 Å². The van der Waals surface area contributed by atoms with Crippen molar-refractivity contribution in [1.29, 1.82) is 0 Å². The summed E-state index contributed by atoms with van der Waals surface area (Å²) in [6.45, 7) is 8.37. The van der Waals surface area contributed by atoms with Gasteiger partial charge in [-0.3, -0.25) is 0 Å². The predicted octanol–water partition coefficient (Wildman–Crippen LogP) is 5.28. The minimum atomic E-state index is 0.216. The van der Waals surface area contributed by atoms with Crippen LogP contribution in [0.3, 0.4) is 0 Å². The van der Waals surface area contributed by atoms with E-state index in [4.69, 9.17) is 0 Å². The summed E-state index contributed by atoms with van der Waals surface area (Å²) in [7, 11) is 0. The summed E-state index contributed by atoms with van der Waals surface area (Å²) in [6.07, 6.45) is 2.03. The third kappa shape index (κ3) is 4.39. The second-order valence-corrected chi connectivity index (χ2v) is 8.43. The fourth-order valence-corrected chi connectivity index (χ4v) is 4.73. The fourth-order valence-electron chi connectivity index (χ4n) is 2.70. The van der Waals surface area contributed by atoms with Gasteiger partial charge in [0, 0.05) is 0 Å². The van der Waals surface area contributed by atoms with Crippen LogP contribution in [0.25, 0.3) is 5.57 Å². The molecule has 3 aromatic carbocycles. The van der Waals surface area contributed by atoms with Gasteiger partial charge < -0.3 is 0 Å². The molecule has 0 radical (unpaired) electrons. The molecule has 0 aliphatic carbocycles. The summed E-state index contributed by atoms with van der Waals surface area (Å²) >= 11 is 0.216. The Bertz CT molecular complexity index is 822. The van der Waals surface area contributed by atoms with Crippen molar-refractivity contribution < 1.29 is 0 Å². The fraction of sp³-hybridized carbons (Fsp3) is 0.0833. The molecular weight excluding hydrogens is 367 g/mol. The van der Waals surface area contributed by atoms with E-state index in [1.54, 1.807) is 0 Å². The number of hydrogen-bond donors (Lipinski definition) is 0. The van der Waals surface area contributed by atoms with Gasteiger partial charge in [0.25, 0.3) is 0 Å². The predicted molar refractivity (Wildman–Crippen MR) is 110 cm³/mol. The maximum absolute atomic E-state index is 4.12. The summed E-state index contributed by atoms with van der Waals surface area (Å²) in [5.74, 6) is 0. The van der Waals surface area contributed by atoms with Crippen molar-refractivity contribution in [2.75, 3.05) is 0 Å². The average molecular weight is 389 g/mol. The maximum atomic E-state index is 4.12. The Morgan fingerprint density at radius 1 is 0.720 bits per heavy atom. The molecule has 3 rings (SSSR count). The Kier molecular flexibility index (Phi) is 5.71. The molecule has 0 heterocycles. The summed E-state index contributed by atoms with van der Waals surface area (Å²) < 4.78 is 2.67. The summed E-state index contributed by atoms with van der Waals surface area (Å²) in [6, 6.07) is 28.3. The molecule has 0 nitrogen and oxygen atoms in total. The summed E-state index contributed by atoms with van der Waals surface area (Å²) in [5, 5.41) is 0. The molecule has 0 spiro atoms. The van der Waals surface area contributed by atoms with Gasteiger partial charge in [0.05, 0.1) is 0 Å². The summed E-state index contributed by atoms with van der Waals surface area (Å²) in [5.41, 5.74) is 6.35. The monoisotopic (exact) mass is 390 g/mol. The van der Waals surface area contributed by atoms with Gasteiger partial charge in [-0.15, -0.1) is 0 Å². The van der Waals surface area contributed by atoms with Crippen molar-refractivity contribution in [3.63, 3.8) is 0 Å². The van der Waals surface area contributed by atoms with E-state index in [9.17, 15) is 0 Å². The number of aryl methyl sites for hydroxylation is 2. The SMILES string of the molecule is C=CC([Se]c1ccccc1)=C(c1ccc(C)cc1)c1ccc(C)cc1. The van der Waals surface area contributed by atoms with E-state index in [1.165, 1.54) is 36.8 Å². The number of allylic oxidation sites excluding steroid dienone is 2. The van der Waals surface area contributed by atoms with Crippen LogP contribution in [0.2, 0.25) is 0 Å². The van der Waals surface area contributed by atoms with Crippen molar-refractivity contribution in [3.8, 4) is 0 Å². The molecule has 0 aliphatic heterocycles. The minimum absolute atomic E-state index is 0.216. The molecule has 25 heavy (non-hydrogen) atoms. The topological polar surface area (TPSA) is 0 Å². The molecule has 0 amide bonds. The first kappa shape index (κ1) is 17.5. The van der Waals surface area contributed by atoms with E-state index < -0.39 is 0 Å². The van der Waals surface area contributed by atoms with Gasteiger partial charge in [0.15, 0.2) is 0 Å². The molecule has 0 N–H and O–H groups in total. The second-order valence-electron chi connectivity index (χ2n) is 6.09. The van der Waals surface area contributed by atoms with Crippen LogP contribution in [-0.2, 0) is 0 Å². The molecule has 1 heteroatoms. The molecular formula is C24H22Se. The van der Waals surface area contributed by atoms with E-state index in [-0.39, 0.29) is 15.0 Å². The molecule has 0 aromatic heterocycles. The van der Waals surface area contributed by atoms with E-state index in [1.807, 2.05) is 6.08 Å². The number of hydrogen-bond acceptors (Lipinski definition) is 0. The normalized spacial score (nSPS) is 10.3. The zero-order valence-electron chi connectivity index (χ0n) is 14.7. The quantitative estimate of drug-likeness (QED) is 0.412. The van der Waals surface area contributed by atoms with Crippen LogP contribution in [0.15, 0.2) is 96.0 Å². The van der Waals surface area contributed by atoms with Gasteiger partial charge in [-0.05, 0) is 0 Å². The Hall–Kier alpha value is -2.34. The van der Waals surface area contributed by atoms with E-state index in [2.05, 4.69) is 99.3 Å². The first-order valence-electron chi connectivity index (χ1n) is 8.41. The van der Waals surface area contributed by atoms with Crippen LogP contribution in [0, 0.1) is 13.8 Å². The van der Waals surface area contributed by atoms with Crippen molar-refractivity contribution in [2.45, 2.75) is 13.8 Å². The van der Waals surface area contributed by atoms with Gasteiger partial charge in [-0.2, -0.15) is 0 Å². The number of rotatable bonds is 5. The summed E-state index contributed by atoms with van der Waals surface area (Å²) in [4.78, 5) is 0. The Labute approximate surface area is 157 Å². The van der Waals surface area contributed by atoms with Crippen molar-refractivity contribution in [3.05, 3.63) is 118 Å². The van der Waals surface area contributed by atoms with Gasteiger partial charge in [0.1, 0.15) is 0 Å². The van der Waals surface area contributed by atoms with Crippen LogP contribution in [0.5, 0.6) is 0 Å². The van der Waals surface area contributed by atoms with Crippen molar-refractivity contribution >= 4 is 25.0 Å². The molecule has 0 saturated carbocycles. The Morgan fingerprint density at radius 2 is 1.20 bits per heavy atom. The van der Waals surface area contributed by atoms with Gasteiger partial charge in [0.2, 0.25) is 0 Å². The first-order chi connectivity index (χ1) is 12.2. The molecule has 124 valence electrons. The van der Waals surface area contributed by atoms with Crippen LogP contribution in [-0.4, -0.2) is 15.0 Å². The van der Waals surface area contributed by atoms with Gasteiger partial charge >= 0.3 is 157 Å². The molecule has 0 atom stereocenters. The average Bonchev–Trinajstić information content (AvgIpc) is 2.65. The third-order valence-electron chi connectivity index (χ3n) is 4.08. The molecule has 0 unspecified atom stereocenters. The Morgan fingerprint density at radius 3 is 1.64 bits per heavy atom. The first-order valence-corrected chi connectivity index (χ1v) is 10.1. The zero-order chi connectivity index (χ0) is 17.6. The Balaban J connectivity index is 2.15. The van der Waals surface area contributed by atoms with E-state index in [0.29, 0.717) is 0 Å². The molecule has 0 bridgehead atoms. The van der Waals surface area contributed by atoms with Crippen LogP contribution >= 0.6 is 0 Å². The third-order valence-corrected chi connectivity index (χ3v) is 6.39. The van der Waals surface area contributed by atoms with Crippen molar-refractivity contribution in [2.24, 2.45) is 0 Å². The molecule has 0 aliphatic rings. The second kappa shape index (κ2) is 8.16. The van der Waals surface area contributed by atoms with Crippen LogP contribution in [0.4, 0.5) is 0 Å². The van der Waals surface area contributed by atoms with E-state index in [0.717, 1.165) is 0 Å². The molecule has 3 aromatic rings. The zero-order valence-corrected chi connectivity index (χ0v) is 16.4. The van der Waals surface area contributed by atoms with E-state index >= 15 is 0 Å². The van der Waals surface area contributed by atoms with Crippen LogP contribution < -0.4 is 4.46 Å². The van der Waals surface area contributed by atoms with Gasteiger partial charge in [-0.1, -0.05) is 0 Å². The van der Waals surface area contributed by atoms with Crippen LogP contribution in [0.1, 0.15) is 22.3 Å². The standard InChI is InChI=1S/C24H22Se/c1-4-23(25-22-8-6-5-7-9-22)24(20-14-10-18(2)11-15-20)21-16-12-19(3)13-17-21/h4-17H,1H2,2-3H3. The number of benzene rings is 3.